The van der Waals surface area contributed by atoms with Crippen molar-refractivity contribution < 1.29 is 22.3 Å². The van der Waals surface area contributed by atoms with Crippen molar-refractivity contribution >= 4 is 15.9 Å². The molecule has 2 aromatic carbocycles. The van der Waals surface area contributed by atoms with Gasteiger partial charge in [-0.25, -0.2) is 12.8 Å². The molecule has 0 aromatic heterocycles. The van der Waals surface area contributed by atoms with Crippen LogP contribution in [-0.4, -0.2) is 52.0 Å². The molecule has 0 saturated heterocycles. The van der Waals surface area contributed by atoms with Gasteiger partial charge in [-0.15, -0.1) is 0 Å². The molecular formula is C22H30FN3O4S. The van der Waals surface area contributed by atoms with Crippen molar-refractivity contribution in [3.63, 3.8) is 0 Å². The van der Waals surface area contributed by atoms with Gasteiger partial charge in [0.15, 0.2) is 0 Å². The quantitative estimate of drug-likeness (QED) is 0.549. The van der Waals surface area contributed by atoms with Crippen LogP contribution < -0.4 is 14.8 Å². The standard InChI is InChI=1S/C22H30FN3O4S/c1-5-26(6-2)20(17-10-9-11-18(14-17)30-4)15-24-22(27)16(3)25-31(28,29)21-13-8-7-12-19(21)23/h7-14,16,20,25H,5-6,15H2,1-4H3,(H,24,27)/t16-,20?/m0/s1. The highest BCUT2D eigenvalue weighted by molar-refractivity contribution is 7.89. The summed E-state index contributed by atoms with van der Waals surface area (Å²) in [6.07, 6.45) is 0. The molecular weight excluding hydrogens is 421 g/mol. The van der Waals surface area contributed by atoms with Gasteiger partial charge in [-0.3, -0.25) is 9.69 Å². The first kappa shape index (κ1) is 24.8. The minimum absolute atomic E-state index is 0.121. The fraction of sp³-hybridized carbons (Fsp3) is 0.409. The molecule has 170 valence electrons. The number of carbonyl (C=O) groups is 1. The van der Waals surface area contributed by atoms with Gasteiger partial charge in [0, 0.05) is 6.54 Å². The number of amides is 1. The monoisotopic (exact) mass is 451 g/mol. The maximum Gasteiger partial charge on any atom is 0.244 e. The zero-order chi connectivity index (χ0) is 23.0. The van der Waals surface area contributed by atoms with E-state index < -0.39 is 32.7 Å². The van der Waals surface area contributed by atoms with Crippen LogP contribution in [0.3, 0.4) is 0 Å². The average Bonchev–Trinajstić information content (AvgIpc) is 2.76. The molecule has 0 aliphatic carbocycles. The number of nitrogens with zero attached hydrogens (tertiary/aromatic N) is 1. The molecule has 0 fully saturated rings. The van der Waals surface area contributed by atoms with Crippen molar-refractivity contribution in [3.8, 4) is 5.75 Å². The number of methoxy groups -OCH3 is 1. The first-order valence-corrected chi connectivity index (χ1v) is 11.6. The SMILES string of the molecule is CCN(CC)C(CNC(=O)[C@H](C)NS(=O)(=O)c1ccccc1F)c1cccc(OC)c1. The van der Waals surface area contributed by atoms with E-state index in [0.29, 0.717) is 5.75 Å². The minimum atomic E-state index is -4.17. The molecule has 2 aromatic rings. The van der Waals surface area contributed by atoms with Gasteiger partial charge in [-0.1, -0.05) is 38.1 Å². The normalized spacial score (nSPS) is 13.6. The van der Waals surface area contributed by atoms with E-state index in [1.165, 1.54) is 19.1 Å². The van der Waals surface area contributed by atoms with Gasteiger partial charge in [0.1, 0.15) is 16.5 Å². The topological polar surface area (TPSA) is 87.7 Å². The molecule has 2 rings (SSSR count). The molecule has 0 aliphatic heterocycles. The second-order valence-electron chi connectivity index (χ2n) is 7.03. The van der Waals surface area contributed by atoms with E-state index in [-0.39, 0.29) is 12.6 Å². The zero-order valence-electron chi connectivity index (χ0n) is 18.3. The van der Waals surface area contributed by atoms with Crippen LogP contribution in [-0.2, 0) is 14.8 Å². The number of likely N-dealkylation sites (N-methyl/N-ethyl adjacent to an activating group) is 1. The van der Waals surface area contributed by atoms with Crippen LogP contribution in [0, 0.1) is 5.82 Å². The summed E-state index contributed by atoms with van der Waals surface area (Å²) in [4.78, 5) is 14.3. The summed E-state index contributed by atoms with van der Waals surface area (Å²) in [5.41, 5.74) is 0.975. The lowest BCUT2D eigenvalue weighted by Gasteiger charge is -2.31. The van der Waals surface area contributed by atoms with Crippen LogP contribution in [0.4, 0.5) is 4.39 Å². The molecule has 2 atom stereocenters. The van der Waals surface area contributed by atoms with Crippen molar-refractivity contribution in [2.75, 3.05) is 26.7 Å². The van der Waals surface area contributed by atoms with E-state index >= 15 is 0 Å². The van der Waals surface area contributed by atoms with Crippen molar-refractivity contribution in [2.24, 2.45) is 0 Å². The lowest BCUT2D eigenvalue weighted by atomic mass is 10.0. The Labute approximate surface area is 183 Å². The molecule has 0 heterocycles. The van der Waals surface area contributed by atoms with E-state index in [1.807, 2.05) is 38.1 Å². The molecule has 0 saturated carbocycles. The molecule has 7 nitrogen and oxygen atoms in total. The number of nitrogens with one attached hydrogen (secondary N) is 2. The molecule has 1 unspecified atom stereocenters. The molecule has 0 spiro atoms. The molecule has 0 radical (unpaired) electrons. The van der Waals surface area contributed by atoms with Gasteiger partial charge in [-0.2, -0.15) is 4.72 Å². The first-order chi connectivity index (χ1) is 14.7. The third-order valence-electron chi connectivity index (χ3n) is 5.05. The second kappa shape index (κ2) is 11.2. The number of sulfonamides is 1. The van der Waals surface area contributed by atoms with E-state index in [4.69, 9.17) is 4.74 Å². The minimum Gasteiger partial charge on any atom is -0.497 e. The number of ether oxygens (including phenoxy) is 1. The zero-order valence-corrected chi connectivity index (χ0v) is 19.1. The first-order valence-electron chi connectivity index (χ1n) is 10.2. The van der Waals surface area contributed by atoms with E-state index in [1.54, 1.807) is 7.11 Å². The Balaban J connectivity index is 2.11. The average molecular weight is 452 g/mol. The highest BCUT2D eigenvalue weighted by Crippen LogP contribution is 2.24. The number of halogens is 1. The van der Waals surface area contributed by atoms with Crippen LogP contribution in [0.25, 0.3) is 0 Å². The maximum absolute atomic E-state index is 13.9. The number of carbonyl (C=O) groups excluding carboxylic acids is 1. The summed E-state index contributed by atoms with van der Waals surface area (Å²) >= 11 is 0. The van der Waals surface area contributed by atoms with Crippen molar-refractivity contribution in [1.82, 2.24) is 14.9 Å². The Kier molecular flexibility index (Phi) is 8.97. The van der Waals surface area contributed by atoms with Crippen molar-refractivity contribution in [2.45, 2.75) is 37.8 Å². The number of rotatable bonds is 11. The third-order valence-corrected chi connectivity index (χ3v) is 6.63. The molecule has 2 N–H and O–H groups in total. The summed E-state index contributed by atoms with van der Waals surface area (Å²) in [5, 5.41) is 2.81. The van der Waals surface area contributed by atoms with Crippen LogP contribution >= 0.6 is 0 Å². The largest absolute Gasteiger partial charge is 0.497 e. The predicted octanol–water partition coefficient (Wildman–Crippen LogP) is 2.70. The Morgan fingerprint density at radius 2 is 1.81 bits per heavy atom. The van der Waals surface area contributed by atoms with Crippen molar-refractivity contribution in [1.29, 1.82) is 0 Å². The Morgan fingerprint density at radius 1 is 1.13 bits per heavy atom. The van der Waals surface area contributed by atoms with Gasteiger partial charge in [0.05, 0.1) is 19.2 Å². The molecule has 0 aliphatic rings. The second-order valence-corrected chi connectivity index (χ2v) is 8.71. The lowest BCUT2D eigenvalue weighted by molar-refractivity contribution is -0.122. The highest BCUT2D eigenvalue weighted by Gasteiger charge is 2.26. The van der Waals surface area contributed by atoms with Gasteiger partial charge in [0.2, 0.25) is 15.9 Å². The van der Waals surface area contributed by atoms with Gasteiger partial charge < -0.3 is 10.1 Å². The fourth-order valence-corrected chi connectivity index (χ4v) is 4.62. The van der Waals surface area contributed by atoms with Crippen molar-refractivity contribution in [3.05, 3.63) is 59.9 Å². The van der Waals surface area contributed by atoms with E-state index in [2.05, 4.69) is 14.9 Å². The molecule has 0 bridgehead atoms. The molecule has 1 amide bonds. The summed E-state index contributed by atoms with van der Waals surface area (Å²) in [7, 11) is -2.58. The molecule has 31 heavy (non-hydrogen) atoms. The fourth-order valence-electron chi connectivity index (χ4n) is 3.33. The number of benzene rings is 2. The van der Waals surface area contributed by atoms with Crippen LogP contribution in [0.1, 0.15) is 32.4 Å². The summed E-state index contributed by atoms with van der Waals surface area (Å²) in [6, 6.07) is 11.4. The Hall–Kier alpha value is -2.49. The Morgan fingerprint density at radius 3 is 2.42 bits per heavy atom. The summed E-state index contributed by atoms with van der Waals surface area (Å²) in [6.45, 7) is 7.30. The maximum atomic E-state index is 13.9. The van der Waals surface area contributed by atoms with Gasteiger partial charge in [0.25, 0.3) is 0 Å². The smallest absolute Gasteiger partial charge is 0.244 e. The van der Waals surface area contributed by atoms with Crippen LogP contribution in [0.5, 0.6) is 5.75 Å². The summed E-state index contributed by atoms with van der Waals surface area (Å²) < 4.78 is 46.3. The van der Waals surface area contributed by atoms with Crippen LogP contribution in [0.2, 0.25) is 0 Å². The van der Waals surface area contributed by atoms with E-state index in [0.717, 1.165) is 30.8 Å². The third kappa shape index (κ3) is 6.49. The predicted molar refractivity (Wildman–Crippen MR) is 118 cm³/mol. The number of hydrogen-bond donors (Lipinski definition) is 2. The van der Waals surface area contributed by atoms with Gasteiger partial charge in [-0.05, 0) is 49.8 Å². The number of hydrogen-bond acceptors (Lipinski definition) is 5. The lowest BCUT2D eigenvalue weighted by Crippen LogP contribution is -2.47. The highest BCUT2D eigenvalue weighted by atomic mass is 32.2. The van der Waals surface area contributed by atoms with Gasteiger partial charge >= 0.3 is 0 Å². The Bertz CT molecular complexity index is 980. The summed E-state index contributed by atoms with van der Waals surface area (Å²) in [5.74, 6) is -0.658. The van der Waals surface area contributed by atoms with Crippen LogP contribution in [0.15, 0.2) is 53.4 Å². The molecule has 9 heteroatoms. The van der Waals surface area contributed by atoms with E-state index in [9.17, 15) is 17.6 Å².